The zero-order valence-corrected chi connectivity index (χ0v) is 12.2. The predicted octanol–water partition coefficient (Wildman–Crippen LogP) is 4.39. The van der Waals surface area contributed by atoms with Gasteiger partial charge in [-0.15, -0.1) is 0 Å². The van der Waals surface area contributed by atoms with Crippen LogP contribution in [0.25, 0.3) is 0 Å². The highest BCUT2D eigenvalue weighted by Crippen LogP contribution is 2.37. The molecule has 0 aromatic heterocycles. The Morgan fingerprint density at radius 3 is 2.81 bits per heavy atom. The van der Waals surface area contributed by atoms with E-state index in [0.29, 0.717) is 11.5 Å². The van der Waals surface area contributed by atoms with E-state index in [2.05, 4.69) is 71.1 Å². The SMILES string of the molecule is CC1(C)CCSCC1Nc1ccccc1Br. The van der Waals surface area contributed by atoms with Gasteiger partial charge >= 0.3 is 0 Å². The normalized spacial score (nSPS) is 24.1. The number of thioether (sulfide) groups is 1. The zero-order valence-electron chi connectivity index (χ0n) is 9.79. The van der Waals surface area contributed by atoms with Gasteiger partial charge in [-0.2, -0.15) is 11.8 Å². The molecular formula is C13H18BrNS. The molecule has 1 aromatic carbocycles. The van der Waals surface area contributed by atoms with Gasteiger partial charge in [0.25, 0.3) is 0 Å². The lowest BCUT2D eigenvalue weighted by molar-refractivity contribution is 0.305. The molecule has 1 aliphatic rings. The van der Waals surface area contributed by atoms with E-state index < -0.39 is 0 Å². The number of rotatable bonds is 2. The van der Waals surface area contributed by atoms with Crippen molar-refractivity contribution in [1.82, 2.24) is 0 Å². The topological polar surface area (TPSA) is 12.0 Å². The fourth-order valence-corrected chi connectivity index (χ4v) is 3.95. The molecule has 1 unspecified atom stereocenters. The molecule has 0 amide bonds. The lowest BCUT2D eigenvalue weighted by Gasteiger charge is -2.39. The van der Waals surface area contributed by atoms with Crippen LogP contribution >= 0.6 is 27.7 Å². The number of hydrogen-bond acceptors (Lipinski definition) is 2. The third kappa shape index (κ3) is 2.75. The molecule has 1 aliphatic heterocycles. The summed E-state index contributed by atoms with van der Waals surface area (Å²) in [5.41, 5.74) is 1.60. The maximum Gasteiger partial charge on any atom is 0.0487 e. The largest absolute Gasteiger partial charge is 0.380 e. The smallest absolute Gasteiger partial charge is 0.0487 e. The fraction of sp³-hybridized carbons (Fsp3) is 0.538. The molecule has 1 fully saturated rings. The summed E-state index contributed by atoms with van der Waals surface area (Å²) in [5.74, 6) is 2.50. The van der Waals surface area contributed by atoms with Crippen LogP contribution < -0.4 is 5.32 Å². The van der Waals surface area contributed by atoms with Crippen molar-refractivity contribution < 1.29 is 0 Å². The maximum atomic E-state index is 3.67. The molecule has 2 rings (SSSR count). The van der Waals surface area contributed by atoms with E-state index in [1.54, 1.807) is 0 Å². The van der Waals surface area contributed by atoms with Crippen LogP contribution in [0.1, 0.15) is 20.3 Å². The number of hydrogen-bond donors (Lipinski definition) is 1. The standard InChI is InChI=1S/C13H18BrNS/c1-13(2)7-8-16-9-12(13)15-11-6-4-3-5-10(11)14/h3-6,12,15H,7-9H2,1-2H3. The first-order valence-electron chi connectivity index (χ1n) is 5.68. The second-order valence-electron chi connectivity index (χ2n) is 4.99. The van der Waals surface area contributed by atoms with E-state index in [4.69, 9.17) is 0 Å². The molecule has 1 atom stereocenters. The van der Waals surface area contributed by atoms with E-state index in [1.807, 2.05) is 0 Å². The van der Waals surface area contributed by atoms with E-state index in [-0.39, 0.29) is 0 Å². The molecule has 0 aliphatic carbocycles. The van der Waals surface area contributed by atoms with E-state index >= 15 is 0 Å². The summed E-state index contributed by atoms with van der Waals surface area (Å²) in [6, 6.07) is 8.92. The second kappa shape index (κ2) is 5.01. The Hall–Kier alpha value is -0.150. The first-order valence-corrected chi connectivity index (χ1v) is 7.63. The van der Waals surface area contributed by atoms with Crippen LogP contribution in [0.3, 0.4) is 0 Å². The van der Waals surface area contributed by atoms with Gasteiger partial charge in [0.15, 0.2) is 0 Å². The predicted molar refractivity (Wildman–Crippen MR) is 77.3 cm³/mol. The molecule has 0 spiro atoms. The molecular weight excluding hydrogens is 282 g/mol. The third-order valence-corrected chi connectivity index (χ3v) is 5.08. The Morgan fingerprint density at radius 2 is 2.12 bits per heavy atom. The van der Waals surface area contributed by atoms with Gasteiger partial charge in [-0.05, 0) is 45.7 Å². The number of benzene rings is 1. The Kier molecular flexibility index (Phi) is 3.85. The quantitative estimate of drug-likeness (QED) is 0.869. The van der Waals surface area contributed by atoms with Gasteiger partial charge in [0.2, 0.25) is 0 Å². The molecule has 0 radical (unpaired) electrons. The average Bonchev–Trinajstić information content (AvgIpc) is 2.24. The molecule has 1 N–H and O–H groups in total. The number of para-hydroxylation sites is 1. The Morgan fingerprint density at radius 1 is 1.38 bits per heavy atom. The van der Waals surface area contributed by atoms with Gasteiger partial charge < -0.3 is 5.32 Å². The van der Waals surface area contributed by atoms with Crippen molar-refractivity contribution in [2.75, 3.05) is 16.8 Å². The van der Waals surface area contributed by atoms with Crippen molar-refractivity contribution in [1.29, 1.82) is 0 Å². The molecule has 88 valence electrons. The summed E-state index contributed by atoms with van der Waals surface area (Å²) < 4.78 is 1.15. The molecule has 1 heterocycles. The van der Waals surface area contributed by atoms with Gasteiger partial charge in [0, 0.05) is 22.0 Å². The van der Waals surface area contributed by atoms with Gasteiger partial charge in [-0.25, -0.2) is 0 Å². The van der Waals surface area contributed by atoms with Crippen molar-refractivity contribution in [3.63, 3.8) is 0 Å². The first-order chi connectivity index (χ1) is 7.59. The summed E-state index contributed by atoms with van der Waals surface area (Å²) in [6.45, 7) is 4.72. The van der Waals surface area contributed by atoms with Crippen LogP contribution in [-0.4, -0.2) is 17.5 Å². The van der Waals surface area contributed by atoms with Crippen molar-refractivity contribution in [2.45, 2.75) is 26.3 Å². The summed E-state index contributed by atoms with van der Waals surface area (Å²) in [7, 11) is 0. The molecule has 1 nitrogen and oxygen atoms in total. The molecule has 0 bridgehead atoms. The fourth-order valence-electron chi connectivity index (χ4n) is 1.94. The van der Waals surface area contributed by atoms with Crippen LogP contribution in [-0.2, 0) is 0 Å². The molecule has 16 heavy (non-hydrogen) atoms. The number of halogens is 1. The summed E-state index contributed by atoms with van der Waals surface area (Å²) >= 11 is 5.64. The summed E-state index contributed by atoms with van der Waals surface area (Å²) in [5, 5.41) is 3.67. The maximum absolute atomic E-state index is 3.67. The van der Waals surface area contributed by atoms with Crippen LogP contribution in [0.4, 0.5) is 5.69 Å². The summed E-state index contributed by atoms with van der Waals surface area (Å²) in [6.07, 6.45) is 1.29. The molecule has 0 saturated carbocycles. The monoisotopic (exact) mass is 299 g/mol. The Bertz CT molecular complexity index is 365. The molecule has 1 saturated heterocycles. The number of anilines is 1. The minimum Gasteiger partial charge on any atom is -0.380 e. The van der Waals surface area contributed by atoms with Crippen LogP contribution in [0, 0.1) is 5.41 Å². The van der Waals surface area contributed by atoms with Crippen molar-refractivity contribution in [3.05, 3.63) is 28.7 Å². The van der Waals surface area contributed by atoms with Crippen LogP contribution in [0.5, 0.6) is 0 Å². The minimum absolute atomic E-state index is 0.389. The number of nitrogens with one attached hydrogen (secondary N) is 1. The Labute approximate surface area is 111 Å². The zero-order chi connectivity index (χ0) is 11.6. The highest BCUT2D eigenvalue weighted by Gasteiger charge is 2.32. The lowest BCUT2D eigenvalue weighted by atomic mass is 9.82. The van der Waals surface area contributed by atoms with Crippen molar-refractivity contribution in [3.8, 4) is 0 Å². The van der Waals surface area contributed by atoms with Crippen LogP contribution in [0.2, 0.25) is 0 Å². The van der Waals surface area contributed by atoms with Crippen molar-refractivity contribution >= 4 is 33.4 Å². The summed E-state index contributed by atoms with van der Waals surface area (Å²) in [4.78, 5) is 0. The van der Waals surface area contributed by atoms with E-state index in [1.165, 1.54) is 23.6 Å². The van der Waals surface area contributed by atoms with Gasteiger partial charge in [0.05, 0.1) is 0 Å². The molecule has 3 heteroatoms. The van der Waals surface area contributed by atoms with E-state index in [9.17, 15) is 0 Å². The first kappa shape index (κ1) is 12.3. The van der Waals surface area contributed by atoms with E-state index in [0.717, 1.165) is 4.47 Å². The third-order valence-electron chi connectivity index (χ3n) is 3.32. The van der Waals surface area contributed by atoms with Crippen LogP contribution in [0.15, 0.2) is 28.7 Å². The van der Waals surface area contributed by atoms with Crippen molar-refractivity contribution in [2.24, 2.45) is 5.41 Å². The molecule has 1 aromatic rings. The average molecular weight is 300 g/mol. The van der Waals surface area contributed by atoms with Gasteiger partial charge in [0.1, 0.15) is 0 Å². The highest BCUT2D eigenvalue weighted by molar-refractivity contribution is 9.10. The lowest BCUT2D eigenvalue weighted by Crippen LogP contribution is -2.41. The highest BCUT2D eigenvalue weighted by atomic mass is 79.9. The second-order valence-corrected chi connectivity index (χ2v) is 6.99. The van der Waals surface area contributed by atoms with Gasteiger partial charge in [-0.1, -0.05) is 26.0 Å². The minimum atomic E-state index is 0.389. The Balaban J connectivity index is 2.12. The van der Waals surface area contributed by atoms with Gasteiger partial charge in [-0.3, -0.25) is 0 Å².